The van der Waals surface area contributed by atoms with Crippen molar-refractivity contribution < 1.29 is 19.1 Å². The lowest BCUT2D eigenvalue weighted by Gasteiger charge is -2.14. The van der Waals surface area contributed by atoms with E-state index in [2.05, 4.69) is 5.32 Å². The number of benzene rings is 2. The van der Waals surface area contributed by atoms with E-state index in [-0.39, 0.29) is 18.2 Å². The highest BCUT2D eigenvalue weighted by Gasteiger charge is 2.31. The number of rotatable bonds is 9. The predicted molar refractivity (Wildman–Crippen MR) is 128 cm³/mol. The normalized spacial score (nSPS) is 14.8. The van der Waals surface area contributed by atoms with Crippen LogP contribution < -0.4 is 14.8 Å². The molecule has 0 radical (unpaired) electrons. The number of anilines is 1. The van der Waals surface area contributed by atoms with E-state index in [0.717, 1.165) is 11.3 Å². The van der Waals surface area contributed by atoms with Gasteiger partial charge in [0.15, 0.2) is 0 Å². The van der Waals surface area contributed by atoms with Gasteiger partial charge in [0, 0.05) is 13.0 Å². The summed E-state index contributed by atoms with van der Waals surface area (Å²) >= 11 is 6.65. The largest absolute Gasteiger partial charge is 0.497 e. The van der Waals surface area contributed by atoms with Crippen molar-refractivity contribution in [2.45, 2.75) is 19.8 Å². The quantitative estimate of drug-likeness (QED) is 0.435. The molecule has 8 heteroatoms. The molecule has 1 fully saturated rings. The van der Waals surface area contributed by atoms with Gasteiger partial charge in [-0.3, -0.25) is 14.5 Å². The molecule has 0 atom stereocenters. The van der Waals surface area contributed by atoms with Gasteiger partial charge < -0.3 is 14.8 Å². The Hall–Kier alpha value is -2.84. The van der Waals surface area contributed by atoms with Gasteiger partial charge in [-0.2, -0.15) is 0 Å². The molecule has 1 saturated heterocycles. The van der Waals surface area contributed by atoms with Gasteiger partial charge >= 0.3 is 0 Å². The topological polar surface area (TPSA) is 67.9 Å². The maximum Gasteiger partial charge on any atom is 0.266 e. The first-order valence-electron chi connectivity index (χ1n) is 9.93. The average molecular weight is 457 g/mol. The maximum atomic E-state index is 12.8. The highest BCUT2D eigenvalue weighted by atomic mass is 32.2. The van der Waals surface area contributed by atoms with Gasteiger partial charge in [0.05, 0.1) is 24.3 Å². The van der Waals surface area contributed by atoms with Crippen LogP contribution in [0.25, 0.3) is 6.08 Å². The summed E-state index contributed by atoms with van der Waals surface area (Å²) in [5.41, 5.74) is 1.51. The van der Waals surface area contributed by atoms with Crippen molar-refractivity contribution in [3.63, 3.8) is 0 Å². The lowest BCUT2D eigenvalue weighted by molar-refractivity contribution is -0.122. The number of hydrogen-bond acceptors (Lipinski definition) is 6. The third-order valence-corrected chi connectivity index (χ3v) is 5.89. The number of nitrogens with one attached hydrogen (secondary N) is 1. The fraction of sp³-hybridized carbons (Fsp3) is 0.261. The molecule has 31 heavy (non-hydrogen) atoms. The summed E-state index contributed by atoms with van der Waals surface area (Å²) in [6.45, 7) is 2.80. The Morgan fingerprint density at radius 1 is 1.23 bits per heavy atom. The summed E-state index contributed by atoms with van der Waals surface area (Å²) in [6.07, 6.45) is 2.58. The lowest BCUT2D eigenvalue weighted by Crippen LogP contribution is -2.29. The SMILES string of the molecule is CCOc1ccccc1NC(=O)CCCN1C(=O)/C(=C\c2cccc(OC)c2)SC1=S. The average Bonchev–Trinajstić information content (AvgIpc) is 3.02. The number of nitrogens with zero attached hydrogens (tertiary/aromatic N) is 1. The van der Waals surface area contributed by atoms with Crippen LogP contribution in [-0.2, 0) is 9.59 Å². The molecular weight excluding hydrogens is 432 g/mol. The van der Waals surface area contributed by atoms with E-state index in [1.165, 1.54) is 11.8 Å². The molecule has 1 aliphatic heterocycles. The molecule has 1 heterocycles. The minimum Gasteiger partial charge on any atom is -0.497 e. The molecule has 0 bridgehead atoms. The first kappa shape index (κ1) is 22.8. The van der Waals surface area contributed by atoms with E-state index >= 15 is 0 Å². The number of thiocarbonyl (C=S) groups is 1. The van der Waals surface area contributed by atoms with Crippen molar-refractivity contribution >= 4 is 51.9 Å². The molecule has 0 saturated carbocycles. The maximum absolute atomic E-state index is 12.8. The van der Waals surface area contributed by atoms with Crippen LogP contribution in [-0.4, -0.2) is 41.3 Å². The highest BCUT2D eigenvalue weighted by molar-refractivity contribution is 8.26. The Morgan fingerprint density at radius 3 is 2.81 bits per heavy atom. The second-order valence-corrected chi connectivity index (χ2v) is 8.37. The smallest absolute Gasteiger partial charge is 0.266 e. The third-order valence-electron chi connectivity index (χ3n) is 4.51. The van der Waals surface area contributed by atoms with Crippen LogP contribution in [0, 0.1) is 0 Å². The Bertz CT molecular complexity index is 1010. The zero-order valence-electron chi connectivity index (χ0n) is 17.4. The molecule has 0 unspecified atom stereocenters. The standard InChI is InChI=1S/C23H24N2O4S2/c1-3-29-19-11-5-4-10-18(19)24-21(26)12-7-13-25-22(27)20(31-23(25)30)15-16-8-6-9-17(14-16)28-2/h4-6,8-11,14-15H,3,7,12-13H2,1-2H3,(H,24,26)/b20-15+. The number of ether oxygens (including phenoxy) is 2. The van der Waals surface area contributed by atoms with Crippen molar-refractivity contribution in [3.05, 3.63) is 59.0 Å². The summed E-state index contributed by atoms with van der Waals surface area (Å²) in [4.78, 5) is 27.2. The van der Waals surface area contributed by atoms with Crippen LogP contribution in [0.4, 0.5) is 5.69 Å². The molecule has 2 aromatic rings. The fourth-order valence-corrected chi connectivity index (χ4v) is 4.35. The van der Waals surface area contributed by atoms with Gasteiger partial charge in [0.1, 0.15) is 15.8 Å². The number of carbonyl (C=O) groups excluding carboxylic acids is 2. The second-order valence-electron chi connectivity index (χ2n) is 6.69. The molecule has 6 nitrogen and oxygen atoms in total. The first-order chi connectivity index (χ1) is 15.0. The lowest BCUT2D eigenvalue weighted by atomic mass is 10.2. The second kappa shape index (κ2) is 11.0. The number of thioether (sulfide) groups is 1. The van der Waals surface area contributed by atoms with Crippen molar-refractivity contribution in [1.29, 1.82) is 0 Å². The molecule has 0 aliphatic carbocycles. The van der Waals surface area contributed by atoms with Gasteiger partial charge in [-0.05, 0) is 49.2 Å². The molecule has 2 aromatic carbocycles. The number of methoxy groups -OCH3 is 1. The molecule has 0 spiro atoms. The highest BCUT2D eigenvalue weighted by Crippen LogP contribution is 2.33. The van der Waals surface area contributed by atoms with E-state index in [1.54, 1.807) is 24.2 Å². The minimum absolute atomic E-state index is 0.135. The minimum atomic E-state index is -0.139. The van der Waals surface area contributed by atoms with E-state index in [0.29, 0.717) is 40.2 Å². The zero-order chi connectivity index (χ0) is 22.2. The van der Waals surface area contributed by atoms with Gasteiger partial charge in [-0.25, -0.2) is 0 Å². The number of hydrogen-bond donors (Lipinski definition) is 1. The van der Waals surface area contributed by atoms with Crippen LogP contribution in [0.2, 0.25) is 0 Å². The van der Waals surface area contributed by atoms with Crippen LogP contribution in [0.3, 0.4) is 0 Å². The third kappa shape index (κ3) is 6.08. The van der Waals surface area contributed by atoms with Gasteiger partial charge in [0.2, 0.25) is 5.91 Å². The molecule has 2 amide bonds. The van der Waals surface area contributed by atoms with E-state index < -0.39 is 0 Å². The van der Waals surface area contributed by atoms with Crippen molar-refractivity contribution in [3.8, 4) is 11.5 Å². The monoisotopic (exact) mass is 456 g/mol. The van der Waals surface area contributed by atoms with Crippen molar-refractivity contribution in [2.75, 3.05) is 25.6 Å². The summed E-state index contributed by atoms with van der Waals surface area (Å²) in [6, 6.07) is 14.8. The van der Waals surface area contributed by atoms with Gasteiger partial charge in [-0.1, -0.05) is 48.2 Å². The number of amides is 2. The van der Waals surface area contributed by atoms with Gasteiger partial charge in [0.25, 0.3) is 5.91 Å². The fourth-order valence-electron chi connectivity index (χ4n) is 3.04. The Labute approximate surface area is 191 Å². The Balaban J connectivity index is 1.55. The molecule has 0 aromatic heterocycles. The number of carbonyl (C=O) groups is 2. The Kier molecular flexibility index (Phi) is 8.08. The van der Waals surface area contributed by atoms with Gasteiger partial charge in [-0.15, -0.1) is 0 Å². The van der Waals surface area contributed by atoms with Crippen LogP contribution in [0.15, 0.2) is 53.4 Å². The summed E-state index contributed by atoms with van der Waals surface area (Å²) in [7, 11) is 1.60. The molecule has 3 rings (SSSR count). The van der Waals surface area contributed by atoms with Crippen LogP contribution >= 0.6 is 24.0 Å². The summed E-state index contributed by atoms with van der Waals surface area (Å²) < 4.78 is 11.3. The predicted octanol–water partition coefficient (Wildman–Crippen LogP) is 4.71. The van der Waals surface area contributed by atoms with Crippen molar-refractivity contribution in [1.82, 2.24) is 4.90 Å². The molecular formula is C23H24N2O4S2. The summed E-state index contributed by atoms with van der Waals surface area (Å²) in [5, 5.41) is 2.87. The zero-order valence-corrected chi connectivity index (χ0v) is 19.1. The number of para-hydroxylation sites is 2. The van der Waals surface area contributed by atoms with Crippen molar-refractivity contribution in [2.24, 2.45) is 0 Å². The molecule has 1 aliphatic rings. The van der Waals surface area contributed by atoms with Crippen LogP contribution in [0.1, 0.15) is 25.3 Å². The molecule has 162 valence electrons. The first-order valence-corrected chi connectivity index (χ1v) is 11.2. The van der Waals surface area contributed by atoms with E-state index in [4.69, 9.17) is 21.7 Å². The van der Waals surface area contributed by atoms with E-state index in [1.807, 2.05) is 49.4 Å². The van der Waals surface area contributed by atoms with E-state index in [9.17, 15) is 9.59 Å². The molecule has 1 N–H and O–H groups in total. The summed E-state index contributed by atoms with van der Waals surface area (Å²) in [5.74, 6) is 1.09. The Morgan fingerprint density at radius 2 is 2.03 bits per heavy atom. The van der Waals surface area contributed by atoms with Crippen LogP contribution in [0.5, 0.6) is 11.5 Å².